The predicted octanol–water partition coefficient (Wildman–Crippen LogP) is 4.90. The van der Waals surface area contributed by atoms with Crippen LogP contribution in [0, 0.1) is 11.6 Å². The van der Waals surface area contributed by atoms with Crippen LogP contribution in [0.15, 0.2) is 53.6 Å². The molecule has 2 aromatic rings. The molecule has 176 valence electrons. The van der Waals surface area contributed by atoms with E-state index in [0.29, 0.717) is 31.6 Å². The number of amides is 2. The van der Waals surface area contributed by atoms with E-state index in [1.165, 1.54) is 5.01 Å². The Kier molecular flexibility index (Phi) is 6.97. The van der Waals surface area contributed by atoms with Gasteiger partial charge >= 0.3 is 6.03 Å². The summed E-state index contributed by atoms with van der Waals surface area (Å²) in [6.45, 7) is 0.703. The van der Waals surface area contributed by atoms with E-state index in [1.54, 1.807) is 16.8 Å². The Hall–Kier alpha value is -2.94. The quantitative estimate of drug-likeness (QED) is 0.593. The molecule has 0 spiro atoms. The molecule has 2 aliphatic rings. The standard InChI is InChI=1S/C24H26F4N4O/c1-30(18-9-11-31(12-10-18)15-23(27)28)24(33)32-22(16-5-3-2-4-6-16)14-21(29-32)19-13-17(25)7-8-20(19)26/h2-8,13,18,22-23H,9-12,14-15H2,1H3. The Bertz CT molecular complexity index is 1010. The van der Waals surface area contributed by atoms with E-state index < -0.39 is 24.1 Å². The molecular weight excluding hydrogens is 436 g/mol. The molecule has 1 atom stereocenters. The zero-order valence-electron chi connectivity index (χ0n) is 18.3. The Morgan fingerprint density at radius 3 is 2.48 bits per heavy atom. The van der Waals surface area contributed by atoms with E-state index in [2.05, 4.69) is 5.10 Å². The zero-order valence-corrected chi connectivity index (χ0v) is 18.3. The first-order valence-corrected chi connectivity index (χ1v) is 11.0. The van der Waals surface area contributed by atoms with Crippen molar-refractivity contribution in [1.82, 2.24) is 14.8 Å². The molecule has 1 fully saturated rings. The lowest BCUT2D eigenvalue weighted by Gasteiger charge is -2.38. The minimum Gasteiger partial charge on any atom is -0.323 e. The molecule has 1 saturated heterocycles. The Morgan fingerprint density at radius 2 is 1.82 bits per heavy atom. The van der Waals surface area contributed by atoms with Crippen molar-refractivity contribution < 1.29 is 22.4 Å². The minimum absolute atomic E-state index is 0.0363. The van der Waals surface area contributed by atoms with Gasteiger partial charge in [0.2, 0.25) is 0 Å². The highest BCUT2D eigenvalue weighted by atomic mass is 19.3. The fourth-order valence-corrected chi connectivity index (χ4v) is 4.51. The van der Waals surface area contributed by atoms with Crippen LogP contribution in [0.1, 0.15) is 36.4 Å². The van der Waals surface area contributed by atoms with Gasteiger partial charge in [0.05, 0.1) is 18.3 Å². The lowest BCUT2D eigenvalue weighted by molar-refractivity contribution is 0.0580. The molecule has 0 aromatic heterocycles. The van der Waals surface area contributed by atoms with Crippen molar-refractivity contribution in [3.8, 4) is 0 Å². The SMILES string of the molecule is CN(C(=O)N1N=C(c2cc(F)ccc2F)CC1c1ccccc1)C1CCN(CC(F)F)CC1. The number of alkyl halides is 2. The maximum atomic E-state index is 14.4. The van der Waals surface area contributed by atoms with Gasteiger partial charge in [0.25, 0.3) is 6.43 Å². The molecular formula is C24H26F4N4O. The van der Waals surface area contributed by atoms with Crippen molar-refractivity contribution in [3.63, 3.8) is 0 Å². The number of benzene rings is 2. The van der Waals surface area contributed by atoms with Crippen molar-refractivity contribution in [2.75, 3.05) is 26.7 Å². The lowest BCUT2D eigenvalue weighted by atomic mass is 9.98. The van der Waals surface area contributed by atoms with E-state index in [4.69, 9.17) is 0 Å². The molecule has 4 rings (SSSR count). The average molecular weight is 462 g/mol. The van der Waals surface area contributed by atoms with E-state index >= 15 is 0 Å². The molecule has 2 heterocycles. The molecule has 0 radical (unpaired) electrons. The van der Waals surface area contributed by atoms with Gasteiger partial charge < -0.3 is 4.90 Å². The van der Waals surface area contributed by atoms with E-state index in [-0.39, 0.29) is 30.6 Å². The summed E-state index contributed by atoms with van der Waals surface area (Å²) in [6, 6.07) is 11.5. The third-order valence-electron chi connectivity index (χ3n) is 6.33. The molecule has 33 heavy (non-hydrogen) atoms. The second-order valence-corrected chi connectivity index (χ2v) is 8.46. The van der Waals surface area contributed by atoms with Gasteiger partial charge in [0, 0.05) is 38.2 Å². The Morgan fingerprint density at radius 1 is 1.12 bits per heavy atom. The molecule has 5 nitrogen and oxygen atoms in total. The number of rotatable bonds is 5. The third kappa shape index (κ3) is 5.19. The van der Waals surface area contributed by atoms with Crippen molar-refractivity contribution >= 4 is 11.7 Å². The lowest BCUT2D eigenvalue weighted by Crippen LogP contribution is -2.49. The maximum Gasteiger partial charge on any atom is 0.341 e. The number of hydrogen-bond acceptors (Lipinski definition) is 3. The summed E-state index contributed by atoms with van der Waals surface area (Å²) in [5.41, 5.74) is 1.17. The van der Waals surface area contributed by atoms with Gasteiger partial charge in [0.1, 0.15) is 11.6 Å². The molecule has 1 unspecified atom stereocenters. The third-order valence-corrected chi connectivity index (χ3v) is 6.33. The summed E-state index contributed by atoms with van der Waals surface area (Å²) in [7, 11) is 1.67. The number of carbonyl (C=O) groups excluding carboxylic acids is 1. The van der Waals surface area contributed by atoms with Gasteiger partial charge in [-0.15, -0.1) is 0 Å². The summed E-state index contributed by atoms with van der Waals surface area (Å²) in [4.78, 5) is 16.7. The first-order chi connectivity index (χ1) is 15.8. The van der Waals surface area contributed by atoms with Crippen molar-refractivity contribution in [3.05, 3.63) is 71.3 Å². The van der Waals surface area contributed by atoms with Gasteiger partial charge in [-0.1, -0.05) is 30.3 Å². The molecule has 2 aliphatic heterocycles. The van der Waals surface area contributed by atoms with Crippen LogP contribution < -0.4 is 0 Å². The van der Waals surface area contributed by atoms with Crippen LogP contribution in [-0.4, -0.2) is 65.7 Å². The second-order valence-electron chi connectivity index (χ2n) is 8.46. The molecule has 0 N–H and O–H groups in total. The van der Waals surface area contributed by atoms with Gasteiger partial charge in [-0.3, -0.25) is 4.90 Å². The molecule has 9 heteroatoms. The normalized spacial score (nSPS) is 19.8. The Labute approximate surface area is 190 Å². The minimum atomic E-state index is -2.38. The van der Waals surface area contributed by atoms with Crippen LogP contribution in [0.3, 0.4) is 0 Å². The summed E-state index contributed by atoms with van der Waals surface area (Å²) in [5.74, 6) is -1.18. The fraction of sp³-hybridized carbons (Fsp3) is 0.417. The van der Waals surface area contributed by atoms with E-state index in [9.17, 15) is 22.4 Å². The molecule has 0 aliphatic carbocycles. The number of hydrogen-bond donors (Lipinski definition) is 0. The van der Waals surface area contributed by atoms with Crippen molar-refractivity contribution in [2.45, 2.75) is 37.8 Å². The Balaban J connectivity index is 1.56. The fourth-order valence-electron chi connectivity index (χ4n) is 4.51. The zero-order chi connectivity index (χ0) is 23.5. The summed E-state index contributed by atoms with van der Waals surface area (Å²) < 4.78 is 53.6. The number of carbonyl (C=O) groups is 1. The van der Waals surface area contributed by atoms with Crippen LogP contribution in [0.25, 0.3) is 0 Å². The number of piperidine rings is 1. The average Bonchev–Trinajstić information content (AvgIpc) is 3.25. The van der Waals surface area contributed by atoms with Crippen LogP contribution in [0.2, 0.25) is 0 Å². The summed E-state index contributed by atoms with van der Waals surface area (Å²) in [6.07, 6.45) is -0.980. The molecule has 2 aromatic carbocycles. The van der Waals surface area contributed by atoms with Crippen LogP contribution in [-0.2, 0) is 0 Å². The first kappa shape index (κ1) is 23.2. The van der Waals surface area contributed by atoms with E-state index in [1.807, 2.05) is 30.3 Å². The first-order valence-electron chi connectivity index (χ1n) is 11.0. The van der Waals surface area contributed by atoms with Crippen LogP contribution in [0.4, 0.5) is 22.4 Å². The van der Waals surface area contributed by atoms with Crippen LogP contribution in [0.5, 0.6) is 0 Å². The van der Waals surface area contributed by atoms with Crippen molar-refractivity contribution in [2.24, 2.45) is 5.10 Å². The van der Waals surface area contributed by atoms with Crippen molar-refractivity contribution in [1.29, 1.82) is 0 Å². The number of likely N-dealkylation sites (tertiary alicyclic amines) is 1. The van der Waals surface area contributed by atoms with Gasteiger partial charge in [-0.25, -0.2) is 27.4 Å². The van der Waals surface area contributed by atoms with E-state index in [0.717, 1.165) is 23.8 Å². The van der Waals surface area contributed by atoms with Gasteiger partial charge in [-0.05, 0) is 36.6 Å². The van der Waals surface area contributed by atoms with Gasteiger partial charge in [0.15, 0.2) is 0 Å². The second kappa shape index (κ2) is 9.91. The molecule has 2 amide bonds. The highest BCUT2D eigenvalue weighted by Gasteiger charge is 2.37. The van der Waals surface area contributed by atoms with Gasteiger partial charge in [-0.2, -0.15) is 5.10 Å². The van der Waals surface area contributed by atoms with Crippen LogP contribution >= 0.6 is 0 Å². The smallest absolute Gasteiger partial charge is 0.323 e. The predicted molar refractivity (Wildman–Crippen MR) is 117 cm³/mol. The number of halogens is 4. The summed E-state index contributed by atoms with van der Waals surface area (Å²) in [5, 5.41) is 5.76. The topological polar surface area (TPSA) is 39.2 Å². The monoisotopic (exact) mass is 462 g/mol. The number of urea groups is 1. The highest BCUT2D eigenvalue weighted by molar-refractivity contribution is 6.03. The molecule has 0 bridgehead atoms. The largest absolute Gasteiger partial charge is 0.341 e. The molecule has 0 saturated carbocycles. The summed E-state index contributed by atoms with van der Waals surface area (Å²) >= 11 is 0. The maximum absolute atomic E-state index is 14.4. The number of nitrogens with zero attached hydrogens (tertiary/aromatic N) is 4. The number of hydrazone groups is 1. The highest BCUT2D eigenvalue weighted by Crippen LogP contribution is 2.34.